The van der Waals surface area contributed by atoms with Crippen molar-refractivity contribution < 1.29 is 12.6 Å². The molecule has 1 heterocycles. The van der Waals surface area contributed by atoms with Gasteiger partial charge in [-0.15, -0.1) is 0 Å². The van der Waals surface area contributed by atoms with E-state index in [1.54, 1.807) is 0 Å². The van der Waals surface area contributed by atoms with Crippen LogP contribution in [0, 0.1) is 0 Å². The highest BCUT2D eigenvalue weighted by atomic mass is 32.2. The zero-order chi connectivity index (χ0) is 6.69. The Morgan fingerprint density at radius 2 is 2.11 bits per heavy atom. The van der Waals surface area contributed by atoms with Gasteiger partial charge in [0.15, 0.2) is 0 Å². The van der Waals surface area contributed by atoms with Crippen LogP contribution in [-0.2, 0) is 15.2 Å². The first kappa shape index (κ1) is 6.98. The Morgan fingerprint density at radius 1 is 1.44 bits per heavy atom. The van der Waals surface area contributed by atoms with Gasteiger partial charge in [0.1, 0.15) is 0 Å². The van der Waals surface area contributed by atoms with Crippen molar-refractivity contribution in [1.82, 2.24) is 4.90 Å². The van der Waals surface area contributed by atoms with E-state index in [1.807, 2.05) is 0 Å². The van der Waals surface area contributed by atoms with Gasteiger partial charge in [-0.1, -0.05) is 0 Å². The van der Waals surface area contributed by atoms with E-state index >= 15 is 0 Å². The average molecular weight is 151 g/mol. The van der Waals surface area contributed by atoms with E-state index in [4.69, 9.17) is 0 Å². The van der Waals surface area contributed by atoms with Gasteiger partial charge in [-0.3, -0.25) is 9.08 Å². The molecule has 9 heavy (non-hydrogen) atoms. The number of thiol groups is 1. The molecular weight excluding hydrogens is 142 g/mol. The van der Waals surface area contributed by atoms with E-state index in [-0.39, 0.29) is 0 Å². The van der Waals surface area contributed by atoms with Crippen LogP contribution in [0.15, 0.2) is 0 Å². The lowest BCUT2D eigenvalue weighted by Crippen LogP contribution is -2.06. The third-order valence-corrected chi connectivity index (χ3v) is 1.54. The summed E-state index contributed by atoms with van der Waals surface area (Å²) in [5.41, 5.74) is 0. The zero-order valence-corrected chi connectivity index (χ0v) is 5.84. The summed E-state index contributed by atoms with van der Waals surface area (Å²) in [4.78, 5) is 2.10. The minimum Gasteiger partial charge on any atom is -0.298 e. The molecule has 4 nitrogen and oxygen atoms in total. The monoisotopic (exact) mass is 151 g/mol. The SMILES string of the molecule is O=[SH](=O)OCCN1CC1. The number of hydrogen-bond acceptors (Lipinski definition) is 4. The number of rotatable bonds is 4. The standard InChI is InChI=1S/C4H9NO3S/c6-9(7)8-4-3-5-1-2-5/h9H,1-4H2. The summed E-state index contributed by atoms with van der Waals surface area (Å²) in [5.74, 6) is 0. The van der Waals surface area contributed by atoms with Gasteiger partial charge in [0.25, 0.3) is 11.0 Å². The van der Waals surface area contributed by atoms with Gasteiger partial charge >= 0.3 is 0 Å². The summed E-state index contributed by atoms with van der Waals surface area (Å²) in [5, 5.41) is 0. The lowest BCUT2D eigenvalue weighted by molar-refractivity contribution is 0.306. The summed E-state index contributed by atoms with van der Waals surface area (Å²) in [7, 11) is -2.63. The van der Waals surface area contributed by atoms with Crippen molar-refractivity contribution in [2.75, 3.05) is 26.2 Å². The third kappa shape index (κ3) is 3.45. The normalized spacial score (nSPS) is 18.8. The van der Waals surface area contributed by atoms with Crippen LogP contribution >= 0.6 is 0 Å². The summed E-state index contributed by atoms with van der Waals surface area (Å²) in [6.07, 6.45) is 0. The molecule has 54 valence electrons. The Hall–Kier alpha value is -0.130. The molecule has 0 N–H and O–H groups in total. The highest BCUT2D eigenvalue weighted by Gasteiger charge is 2.15. The highest BCUT2D eigenvalue weighted by molar-refractivity contribution is 7.67. The Labute approximate surface area is 55.6 Å². The molecule has 0 atom stereocenters. The number of hydrogen-bond donors (Lipinski definition) is 1. The first-order valence-corrected chi connectivity index (χ1v) is 3.88. The van der Waals surface area contributed by atoms with Crippen LogP contribution in [0.1, 0.15) is 0 Å². The average Bonchev–Trinajstić information content (AvgIpc) is 2.48. The summed E-state index contributed by atoms with van der Waals surface area (Å²) >= 11 is 0. The molecule has 0 radical (unpaired) electrons. The maximum Gasteiger partial charge on any atom is 0.257 e. The van der Waals surface area contributed by atoms with Gasteiger partial charge in [0.05, 0.1) is 6.61 Å². The predicted octanol–water partition coefficient (Wildman–Crippen LogP) is -1.16. The van der Waals surface area contributed by atoms with Crippen LogP contribution in [0.25, 0.3) is 0 Å². The van der Waals surface area contributed by atoms with Crippen molar-refractivity contribution in [1.29, 1.82) is 0 Å². The Morgan fingerprint density at radius 3 is 2.56 bits per heavy atom. The molecule has 0 aromatic rings. The maximum atomic E-state index is 9.80. The van der Waals surface area contributed by atoms with Gasteiger partial charge in [0, 0.05) is 19.6 Å². The van der Waals surface area contributed by atoms with E-state index in [1.165, 1.54) is 0 Å². The third-order valence-electron chi connectivity index (χ3n) is 1.14. The first-order chi connectivity index (χ1) is 4.29. The molecule has 1 saturated heterocycles. The van der Waals surface area contributed by atoms with Crippen LogP contribution in [0.3, 0.4) is 0 Å². The van der Waals surface area contributed by atoms with E-state index in [0.717, 1.165) is 19.6 Å². The second-order valence-corrected chi connectivity index (χ2v) is 2.60. The minimum absolute atomic E-state index is 0.304. The van der Waals surface area contributed by atoms with Gasteiger partial charge in [0.2, 0.25) is 0 Å². The lowest BCUT2D eigenvalue weighted by atomic mass is 10.7. The molecular formula is C4H9NO3S. The first-order valence-electron chi connectivity index (χ1n) is 2.79. The fraction of sp³-hybridized carbons (Fsp3) is 1.00. The smallest absolute Gasteiger partial charge is 0.257 e. The van der Waals surface area contributed by atoms with E-state index in [9.17, 15) is 8.42 Å². The van der Waals surface area contributed by atoms with Crippen molar-refractivity contribution in [2.45, 2.75) is 0 Å². The van der Waals surface area contributed by atoms with Crippen molar-refractivity contribution >= 4 is 11.0 Å². The number of nitrogens with zero attached hydrogens (tertiary/aromatic N) is 1. The largest absolute Gasteiger partial charge is 0.298 e. The van der Waals surface area contributed by atoms with Gasteiger partial charge in [-0.25, -0.2) is 8.42 Å². The summed E-state index contributed by atoms with van der Waals surface area (Å²) < 4.78 is 23.9. The van der Waals surface area contributed by atoms with Gasteiger partial charge in [-0.05, 0) is 0 Å². The van der Waals surface area contributed by atoms with Gasteiger partial charge < -0.3 is 0 Å². The summed E-state index contributed by atoms with van der Waals surface area (Å²) in [6, 6.07) is 0. The van der Waals surface area contributed by atoms with Crippen molar-refractivity contribution in [2.24, 2.45) is 0 Å². The molecule has 0 amide bonds. The highest BCUT2D eigenvalue weighted by Crippen LogP contribution is 2.00. The molecule has 0 unspecified atom stereocenters. The quantitative estimate of drug-likeness (QED) is 0.407. The topological polar surface area (TPSA) is 46.4 Å². The lowest BCUT2D eigenvalue weighted by Gasteiger charge is -1.94. The van der Waals surface area contributed by atoms with Crippen molar-refractivity contribution in [3.05, 3.63) is 0 Å². The molecule has 0 spiro atoms. The fourth-order valence-electron chi connectivity index (χ4n) is 0.539. The van der Waals surface area contributed by atoms with Crippen LogP contribution < -0.4 is 0 Å². The van der Waals surface area contributed by atoms with Crippen LogP contribution in [-0.4, -0.2) is 39.6 Å². The van der Waals surface area contributed by atoms with Crippen LogP contribution in [0.2, 0.25) is 0 Å². The van der Waals surface area contributed by atoms with Crippen molar-refractivity contribution in [3.63, 3.8) is 0 Å². The molecule has 0 aromatic heterocycles. The van der Waals surface area contributed by atoms with Crippen LogP contribution in [0.4, 0.5) is 0 Å². The van der Waals surface area contributed by atoms with E-state index in [0.29, 0.717) is 6.61 Å². The Balaban J connectivity index is 1.92. The molecule has 1 fully saturated rings. The fourth-order valence-corrected chi connectivity index (χ4v) is 0.769. The molecule has 1 aliphatic heterocycles. The molecule has 5 heteroatoms. The summed E-state index contributed by atoms with van der Waals surface area (Å²) in [6.45, 7) is 3.21. The molecule has 0 saturated carbocycles. The molecule has 0 aliphatic carbocycles. The molecule has 0 aromatic carbocycles. The van der Waals surface area contributed by atoms with E-state index in [2.05, 4.69) is 9.08 Å². The Bertz CT molecular complexity index is 144. The molecule has 1 aliphatic rings. The van der Waals surface area contributed by atoms with Crippen LogP contribution in [0.5, 0.6) is 0 Å². The molecule has 1 rings (SSSR count). The maximum absolute atomic E-state index is 9.80. The predicted molar refractivity (Wildman–Crippen MR) is 32.7 cm³/mol. The van der Waals surface area contributed by atoms with Gasteiger partial charge in [-0.2, -0.15) is 0 Å². The van der Waals surface area contributed by atoms with E-state index < -0.39 is 11.0 Å². The second kappa shape index (κ2) is 3.14. The Kier molecular flexibility index (Phi) is 2.44. The second-order valence-electron chi connectivity index (χ2n) is 1.90. The minimum atomic E-state index is -2.63. The molecule has 0 bridgehead atoms. The van der Waals surface area contributed by atoms with Crippen molar-refractivity contribution in [3.8, 4) is 0 Å². The zero-order valence-electron chi connectivity index (χ0n) is 4.95.